The van der Waals surface area contributed by atoms with Gasteiger partial charge in [-0.3, -0.25) is 4.79 Å². The van der Waals surface area contributed by atoms with Crippen LogP contribution in [0.15, 0.2) is 41.3 Å². The predicted octanol–water partition coefficient (Wildman–Crippen LogP) is 4.50. The van der Waals surface area contributed by atoms with E-state index >= 15 is 0 Å². The van der Waals surface area contributed by atoms with Gasteiger partial charge < -0.3 is 4.90 Å². The lowest BCUT2D eigenvalue weighted by Gasteiger charge is -2.38. The first kappa shape index (κ1) is 21.8. The first-order valence-electron chi connectivity index (χ1n) is 9.67. The first-order chi connectivity index (χ1) is 14.3. The average Bonchev–Trinajstić information content (AvgIpc) is 3.52. The molecule has 0 radical (unpaired) electrons. The molecule has 2 heterocycles. The van der Waals surface area contributed by atoms with Crippen molar-refractivity contribution in [2.45, 2.75) is 42.7 Å². The third kappa shape index (κ3) is 4.60. The molecule has 6 nitrogen and oxygen atoms in total. The molecule has 0 bridgehead atoms. The standard InChI is InChI=1S/C20H20Cl3N3O3S/c21-14-1-5-17(6-2-14)30(28,29)26(15-3-4-15)16-7-9-25(10-8-16)20(27)13-11-18(22)24-19(23)12-13/h1-2,5-6,11-12,15-16H,3-4,7-10H2. The van der Waals surface area contributed by atoms with Gasteiger partial charge in [0.05, 0.1) is 4.90 Å². The van der Waals surface area contributed by atoms with Gasteiger partial charge in [0.15, 0.2) is 0 Å². The van der Waals surface area contributed by atoms with Crippen LogP contribution >= 0.6 is 34.8 Å². The molecule has 2 fully saturated rings. The van der Waals surface area contributed by atoms with Crippen LogP contribution in [0.25, 0.3) is 0 Å². The third-order valence-electron chi connectivity index (χ3n) is 5.42. The number of piperidine rings is 1. The van der Waals surface area contributed by atoms with Gasteiger partial charge in [-0.2, -0.15) is 4.31 Å². The molecule has 160 valence electrons. The average molecular weight is 489 g/mol. The van der Waals surface area contributed by atoms with Gasteiger partial charge in [-0.25, -0.2) is 13.4 Å². The lowest BCUT2D eigenvalue weighted by atomic mass is 10.0. The number of hydrogen-bond acceptors (Lipinski definition) is 4. The highest BCUT2D eigenvalue weighted by Gasteiger charge is 2.43. The number of pyridine rings is 1. The predicted molar refractivity (Wildman–Crippen MR) is 117 cm³/mol. The molecule has 1 aromatic carbocycles. The first-order valence-corrected chi connectivity index (χ1v) is 12.2. The van der Waals surface area contributed by atoms with E-state index in [4.69, 9.17) is 34.8 Å². The molecule has 4 rings (SSSR count). The van der Waals surface area contributed by atoms with Crippen LogP contribution in [0.5, 0.6) is 0 Å². The number of nitrogens with zero attached hydrogens (tertiary/aromatic N) is 3. The number of sulfonamides is 1. The lowest BCUT2D eigenvalue weighted by Crippen LogP contribution is -2.49. The van der Waals surface area contributed by atoms with Crippen molar-refractivity contribution in [1.29, 1.82) is 0 Å². The van der Waals surface area contributed by atoms with Crippen LogP contribution in [0.1, 0.15) is 36.0 Å². The molecule has 1 aliphatic heterocycles. The van der Waals surface area contributed by atoms with Crippen LogP contribution in [0.2, 0.25) is 15.3 Å². The zero-order chi connectivity index (χ0) is 21.5. The summed E-state index contributed by atoms with van der Waals surface area (Å²) < 4.78 is 28.3. The van der Waals surface area contributed by atoms with Gasteiger partial charge in [-0.15, -0.1) is 0 Å². The van der Waals surface area contributed by atoms with E-state index in [1.165, 1.54) is 12.1 Å². The smallest absolute Gasteiger partial charge is 0.254 e. The number of hydrogen-bond donors (Lipinski definition) is 0. The fraction of sp³-hybridized carbons (Fsp3) is 0.400. The van der Waals surface area contributed by atoms with E-state index in [2.05, 4.69) is 4.98 Å². The number of rotatable bonds is 5. The van der Waals surface area contributed by atoms with E-state index < -0.39 is 10.0 Å². The van der Waals surface area contributed by atoms with Crippen LogP contribution in [0, 0.1) is 0 Å². The number of halogens is 3. The summed E-state index contributed by atoms with van der Waals surface area (Å²) in [5.74, 6) is -0.182. The number of carbonyl (C=O) groups is 1. The Morgan fingerprint density at radius 3 is 2.00 bits per heavy atom. The second-order valence-corrected chi connectivity index (χ2v) is 10.6. The quantitative estimate of drug-likeness (QED) is 0.581. The summed E-state index contributed by atoms with van der Waals surface area (Å²) >= 11 is 17.7. The molecule has 1 aromatic heterocycles. The zero-order valence-electron chi connectivity index (χ0n) is 16.0. The van der Waals surface area contributed by atoms with Crippen molar-refractivity contribution in [1.82, 2.24) is 14.2 Å². The molecule has 1 aliphatic carbocycles. The number of amides is 1. The van der Waals surface area contributed by atoms with Crippen LogP contribution in [0.4, 0.5) is 0 Å². The van der Waals surface area contributed by atoms with Crippen molar-refractivity contribution in [3.8, 4) is 0 Å². The van der Waals surface area contributed by atoms with Crippen LogP contribution in [-0.2, 0) is 10.0 Å². The summed E-state index contributed by atoms with van der Waals surface area (Å²) in [6, 6.07) is 9.12. The SMILES string of the molecule is O=C(c1cc(Cl)nc(Cl)c1)N1CCC(N(C2CC2)S(=O)(=O)c2ccc(Cl)cc2)CC1. The normalized spacial score (nSPS) is 18.1. The van der Waals surface area contributed by atoms with Crippen molar-refractivity contribution in [3.63, 3.8) is 0 Å². The summed E-state index contributed by atoms with van der Waals surface area (Å²) in [5, 5.41) is 0.819. The summed E-state index contributed by atoms with van der Waals surface area (Å²) in [6.45, 7) is 0.917. The van der Waals surface area contributed by atoms with Gasteiger partial charge in [0.25, 0.3) is 5.91 Å². The summed E-state index contributed by atoms with van der Waals surface area (Å²) in [4.78, 5) is 18.6. The molecule has 0 atom stereocenters. The van der Waals surface area contributed by atoms with Crippen LogP contribution < -0.4 is 0 Å². The van der Waals surface area contributed by atoms with E-state index in [-0.39, 0.29) is 33.2 Å². The molecule has 1 saturated carbocycles. The zero-order valence-corrected chi connectivity index (χ0v) is 19.1. The molecular weight excluding hydrogens is 469 g/mol. The van der Waals surface area contributed by atoms with Crippen molar-refractivity contribution in [2.75, 3.05) is 13.1 Å². The number of likely N-dealkylation sites (tertiary alicyclic amines) is 1. The number of benzene rings is 1. The molecular formula is C20H20Cl3N3O3S. The van der Waals surface area contributed by atoms with Crippen LogP contribution in [0.3, 0.4) is 0 Å². The van der Waals surface area contributed by atoms with Gasteiger partial charge in [-0.1, -0.05) is 34.8 Å². The Balaban J connectivity index is 1.49. The second kappa shape index (κ2) is 8.63. The maximum Gasteiger partial charge on any atom is 0.254 e. The third-order valence-corrected chi connectivity index (χ3v) is 8.08. The van der Waals surface area contributed by atoms with E-state index in [1.807, 2.05) is 0 Å². The van der Waals surface area contributed by atoms with E-state index in [0.717, 1.165) is 12.8 Å². The molecule has 0 N–H and O–H groups in total. The summed E-state index contributed by atoms with van der Waals surface area (Å²) in [5.41, 5.74) is 0.381. The van der Waals surface area contributed by atoms with E-state index in [9.17, 15) is 13.2 Å². The fourth-order valence-corrected chi connectivity index (χ4v) is 6.36. The largest absolute Gasteiger partial charge is 0.339 e. The van der Waals surface area contributed by atoms with Gasteiger partial charge in [0, 0.05) is 35.8 Å². The minimum Gasteiger partial charge on any atom is -0.339 e. The molecule has 0 spiro atoms. The monoisotopic (exact) mass is 487 g/mol. The Morgan fingerprint density at radius 1 is 0.933 bits per heavy atom. The highest BCUT2D eigenvalue weighted by Crippen LogP contribution is 2.37. The molecule has 1 amide bonds. The minimum atomic E-state index is -3.63. The van der Waals surface area contributed by atoms with E-state index in [0.29, 0.717) is 36.5 Å². The number of aromatic nitrogens is 1. The summed E-state index contributed by atoms with van der Waals surface area (Å²) in [7, 11) is -3.63. The second-order valence-electron chi connectivity index (χ2n) is 7.54. The van der Waals surface area contributed by atoms with Gasteiger partial charge in [-0.05, 0) is 62.1 Å². The Morgan fingerprint density at radius 2 is 1.47 bits per heavy atom. The van der Waals surface area contributed by atoms with Gasteiger partial charge >= 0.3 is 0 Å². The van der Waals surface area contributed by atoms with Crippen molar-refractivity contribution < 1.29 is 13.2 Å². The van der Waals surface area contributed by atoms with Crippen molar-refractivity contribution >= 4 is 50.7 Å². The highest BCUT2D eigenvalue weighted by molar-refractivity contribution is 7.89. The van der Waals surface area contributed by atoms with Crippen molar-refractivity contribution in [2.24, 2.45) is 0 Å². The molecule has 30 heavy (non-hydrogen) atoms. The molecule has 2 aromatic rings. The Kier molecular flexibility index (Phi) is 6.28. The maximum absolute atomic E-state index is 13.3. The maximum atomic E-state index is 13.3. The Hall–Kier alpha value is -1.38. The van der Waals surface area contributed by atoms with Gasteiger partial charge in [0.2, 0.25) is 10.0 Å². The Labute approximate surface area is 190 Å². The molecule has 2 aliphatic rings. The fourth-order valence-electron chi connectivity index (χ4n) is 3.84. The van der Waals surface area contributed by atoms with Gasteiger partial charge in [0.1, 0.15) is 10.3 Å². The summed E-state index contributed by atoms with van der Waals surface area (Å²) in [6.07, 6.45) is 2.86. The van der Waals surface area contributed by atoms with Crippen molar-refractivity contribution in [3.05, 3.63) is 57.3 Å². The molecule has 10 heteroatoms. The topological polar surface area (TPSA) is 70.6 Å². The lowest BCUT2D eigenvalue weighted by molar-refractivity contribution is 0.0676. The van der Waals surface area contributed by atoms with E-state index in [1.54, 1.807) is 33.5 Å². The number of carbonyl (C=O) groups excluding carboxylic acids is 1. The molecule has 0 unspecified atom stereocenters. The minimum absolute atomic E-state index is 0.0238. The molecule has 1 saturated heterocycles. The Bertz CT molecular complexity index is 1030. The highest BCUT2D eigenvalue weighted by atomic mass is 35.5. The van der Waals surface area contributed by atoms with Crippen LogP contribution in [-0.4, -0.2) is 53.7 Å².